The fraction of sp³-hybridized carbons (Fsp3) is 0.792. The summed E-state index contributed by atoms with van der Waals surface area (Å²) in [6.45, 7) is 0.204. The molecule has 2 fully saturated rings. The van der Waals surface area contributed by atoms with Crippen LogP contribution < -0.4 is 0 Å². The standard InChI is InChI=1S/C24H36O15/c1-24-4-3-9(5-25)13(24)21(35-7-10(24)20(33)34-2)39-23-19(32)17(30)15(28)12(38-23)8-36-22-18(31)16(29)14(27)11(6-26)37-22/h3,7,11-19,21-23,25-32H,4-6,8H2,1-2H3. The van der Waals surface area contributed by atoms with Crippen LogP contribution in [-0.4, -0.2) is 141 Å². The Labute approximate surface area is 223 Å². The molecule has 4 rings (SSSR count). The van der Waals surface area contributed by atoms with Crippen LogP contribution in [0.3, 0.4) is 0 Å². The lowest BCUT2D eigenvalue weighted by molar-refractivity contribution is -0.353. The molecule has 0 aromatic heterocycles. The van der Waals surface area contributed by atoms with Gasteiger partial charge in [-0.05, 0) is 12.0 Å². The summed E-state index contributed by atoms with van der Waals surface area (Å²) in [4.78, 5) is 12.4. The first-order chi connectivity index (χ1) is 18.5. The highest BCUT2D eigenvalue weighted by molar-refractivity contribution is 5.90. The maximum Gasteiger partial charge on any atom is 0.337 e. The molecule has 13 unspecified atom stereocenters. The van der Waals surface area contributed by atoms with E-state index in [1.54, 1.807) is 13.0 Å². The van der Waals surface area contributed by atoms with Crippen molar-refractivity contribution in [3.8, 4) is 0 Å². The van der Waals surface area contributed by atoms with Crippen LogP contribution in [0, 0.1) is 11.3 Å². The molecule has 3 heterocycles. The Morgan fingerprint density at radius 1 is 0.923 bits per heavy atom. The van der Waals surface area contributed by atoms with E-state index >= 15 is 0 Å². The normalized spacial score (nSPS) is 46.1. The summed E-state index contributed by atoms with van der Waals surface area (Å²) < 4.78 is 32.8. The van der Waals surface area contributed by atoms with Gasteiger partial charge < -0.3 is 69.3 Å². The number of ether oxygens (including phenoxy) is 6. The van der Waals surface area contributed by atoms with E-state index in [1.165, 1.54) is 13.4 Å². The van der Waals surface area contributed by atoms with E-state index < -0.39 is 98.2 Å². The molecule has 0 bridgehead atoms. The predicted octanol–water partition coefficient (Wildman–Crippen LogP) is -4.01. The molecule has 39 heavy (non-hydrogen) atoms. The van der Waals surface area contributed by atoms with E-state index in [0.717, 1.165) is 0 Å². The van der Waals surface area contributed by atoms with Gasteiger partial charge in [0.15, 0.2) is 12.6 Å². The summed E-state index contributed by atoms with van der Waals surface area (Å²) in [5.41, 5.74) is -0.136. The Morgan fingerprint density at radius 2 is 1.54 bits per heavy atom. The van der Waals surface area contributed by atoms with E-state index in [4.69, 9.17) is 28.4 Å². The van der Waals surface area contributed by atoms with Gasteiger partial charge in [0.1, 0.15) is 48.8 Å². The summed E-state index contributed by atoms with van der Waals surface area (Å²) in [7, 11) is 1.23. The number of fused-ring (bicyclic) bond motifs is 1. The molecule has 0 radical (unpaired) electrons. The molecule has 0 spiro atoms. The number of aliphatic hydroxyl groups excluding tert-OH is 8. The molecule has 0 aromatic carbocycles. The fourth-order valence-corrected chi connectivity index (χ4v) is 5.47. The minimum Gasteiger partial charge on any atom is -0.471 e. The summed E-state index contributed by atoms with van der Waals surface area (Å²) in [6, 6.07) is 0. The van der Waals surface area contributed by atoms with Crippen LogP contribution >= 0.6 is 0 Å². The molecular weight excluding hydrogens is 528 g/mol. The number of hydrogen-bond acceptors (Lipinski definition) is 15. The Balaban J connectivity index is 1.48. The third-order valence-electron chi connectivity index (χ3n) is 7.88. The lowest BCUT2D eigenvalue weighted by atomic mass is 9.70. The number of carbonyl (C=O) groups excluding carboxylic acids is 1. The van der Waals surface area contributed by atoms with Crippen molar-refractivity contribution in [2.24, 2.45) is 11.3 Å². The first-order valence-electron chi connectivity index (χ1n) is 12.5. The molecule has 13 atom stereocenters. The van der Waals surface area contributed by atoms with Crippen molar-refractivity contribution in [3.05, 3.63) is 23.5 Å². The molecular formula is C24H36O15. The monoisotopic (exact) mass is 564 g/mol. The van der Waals surface area contributed by atoms with Crippen molar-refractivity contribution in [1.82, 2.24) is 0 Å². The number of allylic oxidation sites excluding steroid dienone is 1. The summed E-state index contributed by atoms with van der Waals surface area (Å²) in [5.74, 6) is -1.31. The largest absolute Gasteiger partial charge is 0.471 e. The smallest absolute Gasteiger partial charge is 0.337 e. The second-order valence-corrected chi connectivity index (χ2v) is 10.2. The van der Waals surface area contributed by atoms with Gasteiger partial charge in [-0.15, -0.1) is 0 Å². The van der Waals surface area contributed by atoms with Crippen LogP contribution in [0.25, 0.3) is 0 Å². The second kappa shape index (κ2) is 12.0. The average Bonchev–Trinajstić information content (AvgIpc) is 3.29. The minimum atomic E-state index is -1.76. The highest BCUT2D eigenvalue weighted by Gasteiger charge is 2.55. The van der Waals surface area contributed by atoms with Gasteiger partial charge in [0.25, 0.3) is 0 Å². The lowest BCUT2D eigenvalue weighted by Crippen LogP contribution is -2.62. The molecule has 222 valence electrons. The van der Waals surface area contributed by atoms with Gasteiger partial charge in [-0.2, -0.15) is 0 Å². The number of carbonyl (C=O) groups is 1. The van der Waals surface area contributed by atoms with Crippen LogP contribution in [0.4, 0.5) is 0 Å². The topological polar surface area (TPSA) is 234 Å². The van der Waals surface area contributed by atoms with Gasteiger partial charge in [0, 0.05) is 5.41 Å². The predicted molar refractivity (Wildman–Crippen MR) is 124 cm³/mol. The fourth-order valence-electron chi connectivity index (χ4n) is 5.47. The molecule has 1 aliphatic carbocycles. The highest BCUT2D eigenvalue weighted by Crippen LogP contribution is 2.53. The van der Waals surface area contributed by atoms with Crippen molar-refractivity contribution >= 4 is 5.97 Å². The molecule has 4 aliphatic rings. The first kappa shape index (κ1) is 30.2. The van der Waals surface area contributed by atoms with Crippen molar-refractivity contribution in [2.45, 2.75) is 81.0 Å². The maximum absolute atomic E-state index is 12.4. The zero-order valence-electron chi connectivity index (χ0n) is 21.3. The van der Waals surface area contributed by atoms with E-state index in [0.29, 0.717) is 12.0 Å². The van der Waals surface area contributed by atoms with Gasteiger partial charge >= 0.3 is 5.97 Å². The highest BCUT2D eigenvalue weighted by atomic mass is 16.8. The quantitative estimate of drug-likeness (QED) is 0.104. The van der Waals surface area contributed by atoms with Crippen molar-refractivity contribution in [2.75, 3.05) is 26.9 Å². The Bertz CT molecular complexity index is 938. The SMILES string of the molecule is COC(=O)C1=COC(OC2OC(COC3OC(CO)C(O)C(O)C3O)C(O)C(O)C2O)C2C(CO)=CCC12C. The zero-order valence-corrected chi connectivity index (χ0v) is 21.3. The molecule has 8 N–H and O–H groups in total. The molecule has 0 aromatic rings. The molecule has 3 aliphatic heterocycles. The van der Waals surface area contributed by atoms with Crippen LogP contribution in [0.1, 0.15) is 13.3 Å². The van der Waals surface area contributed by atoms with Crippen molar-refractivity contribution < 1.29 is 74.1 Å². The zero-order chi connectivity index (χ0) is 28.6. The maximum atomic E-state index is 12.4. The van der Waals surface area contributed by atoms with Gasteiger partial charge in [-0.1, -0.05) is 13.0 Å². The Hall–Kier alpha value is -1.73. The van der Waals surface area contributed by atoms with Gasteiger partial charge in [0.2, 0.25) is 6.29 Å². The summed E-state index contributed by atoms with van der Waals surface area (Å²) in [6.07, 6.45) is -13.7. The molecule has 0 saturated carbocycles. The number of esters is 1. The van der Waals surface area contributed by atoms with Crippen molar-refractivity contribution in [3.63, 3.8) is 0 Å². The number of rotatable bonds is 8. The number of methoxy groups -OCH3 is 1. The minimum absolute atomic E-state index is 0.223. The van der Waals surface area contributed by atoms with Crippen LogP contribution in [0.5, 0.6) is 0 Å². The van der Waals surface area contributed by atoms with E-state index in [2.05, 4.69) is 0 Å². The molecule has 2 saturated heterocycles. The van der Waals surface area contributed by atoms with E-state index in [1.807, 2.05) is 0 Å². The first-order valence-corrected chi connectivity index (χ1v) is 12.5. The summed E-state index contributed by atoms with van der Waals surface area (Å²) in [5, 5.41) is 80.8. The number of aliphatic hydroxyl groups is 8. The van der Waals surface area contributed by atoms with E-state index in [-0.39, 0.29) is 12.2 Å². The second-order valence-electron chi connectivity index (χ2n) is 10.2. The van der Waals surface area contributed by atoms with Gasteiger partial charge in [-0.25, -0.2) is 4.79 Å². The van der Waals surface area contributed by atoms with Crippen molar-refractivity contribution in [1.29, 1.82) is 0 Å². The third-order valence-corrected chi connectivity index (χ3v) is 7.88. The summed E-state index contributed by atoms with van der Waals surface area (Å²) >= 11 is 0. The third kappa shape index (κ3) is 5.47. The van der Waals surface area contributed by atoms with Crippen LogP contribution in [-0.2, 0) is 33.2 Å². The molecule has 15 heteroatoms. The Morgan fingerprint density at radius 3 is 2.15 bits per heavy atom. The number of hydrogen-bond donors (Lipinski definition) is 8. The van der Waals surface area contributed by atoms with Gasteiger partial charge in [-0.3, -0.25) is 0 Å². The van der Waals surface area contributed by atoms with Crippen LogP contribution in [0.2, 0.25) is 0 Å². The average molecular weight is 565 g/mol. The van der Waals surface area contributed by atoms with Gasteiger partial charge in [0.05, 0.1) is 44.7 Å². The Kier molecular flexibility index (Phi) is 9.32. The van der Waals surface area contributed by atoms with E-state index in [9.17, 15) is 45.6 Å². The molecule has 15 nitrogen and oxygen atoms in total. The van der Waals surface area contributed by atoms with Crippen LogP contribution in [0.15, 0.2) is 23.5 Å². The molecule has 0 amide bonds. The lowest BCUT2D eigenvalue weighted by Gasteiger charge is -2.46.